The van der Waals surface area contributed by atoms with Gasteiger partial charge >= 0.3 is 6.03 Å². The maximum Gasteiger partial charge on any atom is 0.323 e. The van der Waals surface area contributed by atoms with Crippen LogP contribution in [0.2, 0.25) is 5.02 Å². The minimum absolute atomic E-state index is 0.0974. The molecule has 0 bridgehead atoms. The van der Waals surface area contributed by atoms with Crippen molar-refractivity contribution in [2.75, 3.05) is 17.6 Å². The zero-order chi connectivity index (χ0) is 15.5. The second-order valence-electron chi connectivity index (χ2n) is 4.91. The molecule has 6 heteroatoms. The number of amides is 2. The first-order valence-corrected chi connectivity index (χ1v) is 8.26. The number of carbonyl (C=O) groups is 1. The van der Waals surface area contributed by atoms with Crippen LogP contribution < -0.4 is 5.32 Å². The van der Waals surface area contributed by atoms with E-state index in [9.17, 15) is 9.18 Å². The quantitative estimate of drug-likeness (QED) is 0.857. The van der Waals surface area contributed by atoms with Crippen molar-refractivity contribution in [1.82, 2.24) is 4.90 Å². The van der Waals surface area contributed by atoms with Gasteiger partial charge in [-0.25, -0.2) is 9.18 Å². The Balaban J connectivity index is 1.75. The molecule has 0 aromatic heterocycles. The van der Waals surface area contributed by atoms with Crippen LogP contribution in [-0.2, 0) is 0 Å². The highest BCUT2D eigenvalue weighted by atomic mass is 35.5. The van der Waals surface area contributed by atoms with Gasteiger partial charge in [0.1, 0.15) is 11.2 Å². The Kier molecular flexibility index (Phi) is 4.55. The number of nitrogens with one attached hydrogen (secondary N) is 1. The molecule has 1 heterocycles. The number of carbonyl (C=O) groups excluding carboxylic acids is 1. The molecule has 1 aliphatic rings. The Hall–Kier alpha value is -1.72. The summed E-state index contributed by atoms with van der Waals surface area (Å²) in [7, 11) is 0. The summed E-state index contributed by atoms with van der Waals surface area (Å²) in [6, 6.07) is 13.1. The first-order chi connectivity index (χ1) is 10.6. The number of halogens is 2. The number of benzene rings is 2. The standard InChI is InChI=1S/C16H14ClFN2OS/c17-12-2-1-3-14(10-12)19-16(21)20-8-9-22-15(20)11-4-6-13(18)7-5-11/h1-7,10,15H,8-9H2,(H,19,21)/t15-/m0/s1. The lowest BCUT2D eigenvalue weighted by atomic mass is 10.2. The summed E-state index contributed by atoms with van der Waals surface area (Å²) in [4.78, 5) is 14.2. The Labute approximate surface area is 137 Å². The summed E-state index contributed by atoms with van der Waals surface area (Å²) in [5.74, 6) is 0.576. The van der Waals surface area contributed by atoms with E-state index in [4.69, 9.17) is 11.6 Å². The highest BCUT2D eigenvalue weighted by Crippen LogP contribution is 2.38. The van der Waals surface area contributed by atoms with Crippen molar-refractivity contribution in [3.05, 3.63) is 64.9 Å². The highest BCUT2D eigenvalue weighted by Gasteiger charge is 2.30. The van der Waals surface area contributed by atoms with Crippen molar-refractivity contribution < 1.29 is 9.18 Å². The van der Waals surface area contributed by atoms with E-state index in [0.29, 0.717) is 17.3 Å². The third-order valence-corrected chi connectivity index (χ3v) is 4.88. The van der Waals surface area contributed by atoms with Gasteiger partial charge in [-0.1, -0.05) is 29.8 Å². The molecule has 1 saturated heterocycles. The highest BCUT2D eigenvalue weighted by molar-refractivity contribution is 7.99. The monoisotopic (exact) mass is 336 g/mol. The van der Waals surface area contributed by atoms with Gasteiger partial charge in [-0.2, -0.15) is 0 Å². The van der Waals surface area contributed by atoms with E-state index in [0.717, 1.165) is 11.3 Å². The molecule has 114 valence electrons. The molecule has 3 nitrogen and oxygen atoms in total. The number of urea groups is 1. The molecule has 0 aliphatic carbocycles. The zero-order valence-electron chi connectivity index (χ0n) is 11.6. The molecule has 2 aromatic carbocycles. The van der Waals surface area contributed by atoms with Crippen molar-refractivity contribution in [3.8, 4) is 0 Å². The third kappa shape index (κ3) is 3.36. The van der Waals surface area contributed by atoms with Crippen LogP contribution in [0.4, 0.5) is 14.9 Å². The molecule has 1 atom stereocenters. The fourth-order valence-corrected chi connectivity index (χ4v) is 3.79. The van der Waals surface area contributed by atoms with Crippen molar-refractivity contribution in [1.29, 1.82) is 0 Å². The van der Waals surface area contributed by atoms with Gasteiger partial charge in [0.15, 0.2) is 0 Å². The summed E-state index contributed by atoms with van der Waals surface area (Å²) in [5.41, 5.74) is 1.58. The zero-order valence-corrected chi connectivity index (χ0v) is 13.2. The van der Waals surface area contributed by atoms with E-state index >= 15 is 0 Å². The largest absolute Gasteiger partial charge is 0.323 e. The Morgan fingerprint density at radius 2 is 2.05 bits per heavy atom. The van der Waals surface area contributed by atoms with Crippen LogP contribution >= 0.6 is 23.4 Å². The summed E-state index contributed by atoms with van der Waals surface area (Å²) in [6.45, 7) is 0.652. The van der Waals surface area contributed by atoms with Crippen LogP contribution in [0.25, 0.3) is 0 Å². The molecule has 2 aromatic rings. The second kappa shape index (κ2) is 6.58. The topological polar surface area (TPSA) is 32.3 Å². The van der Waals surface area contributed by atoms with Gasteiger partial charge in [0.05, 0.1) is 0 Å². The van der Waals surface area contributed by atoms with E-state index < -0.39 is 0 Å². The van der Waals surface area contributed by atoms with E-state index in [1.807, 2.05) is 0 Å². The molecule has 2 amide bonds. The number of rotatable bonds is 2. The summed E-state index contributed by atoms with van der Waals surface area (Å²) < 4.78 is 13.0. The third-order valence-electron chi connectivity index (χ3n) is 3.38. The van der Waals surface area contributed by atoms with E-state index in [-0.39, 0.29) is 17.2 Å². The second-order valence-corrected chi connectivity index (χ2v) is 6.53. The lowest BCUT2D eigenvalue weighted by Crippen LogP contribution is -2.34. The fraction of sp³-hybridized carbons (Fsp3) is 0.188. The molecule has 0 unspecified atom stereocenters. The number of anilines is 1. The fourth-order valence-electron chi connectivity index (χ4n) is 2.34. The van der Waals surface area contributed by atoms with Gasteiger partial charge in [0.2, 0.25) is 0 Å². The van der Waals surface area contributed by atoms with Crippen LogP contribution in [0.15, 0.2) is 48.5 Å². The minimum atomic E-state index is -0.276. The lowest BCUT2D eigenvalue weighted by Gasteiger charge is -2.24. The van der Waals surface area contributed by atoms with E-state index in [1.54, 1.807) is 53.1 Å². The van der Waals surface area contributed by atoms with Crippen LogP contribution in [0.1, 0.15) is 10.9 Å². The molecular weight excluding hydrogens is 323 g/mol. The first kappa shape index (κ1) is 15.2. The molecule has 0 spiro atoms. The first-order valence-electron chi connectivity index (χ1n) is 6.84. The van der Waals surface area contributed by atoms with Crippen molar-refractivity contribution in [2.45, 2.75) is 5.37 Å². The minimum Gasteiger partial charge on any atom is -0.308 e. The lowest BCUT2D eigenvalue weighted by molar-refractivity contribution is 0.214. The van der Waals surface area contributed by atoms with Gasteiger partial charge < -0.3 is 10.2 Å². The number of thioether (sulfide) groups is 1. The summed E-state index contributed by atoms with van der Waals surface area (Å²) >= 11 is 7.59. The smallest absolute Gasteiger partial charge is 0.308 e. The molecule has 0 saturated carbocycles. The maximum atomic E-state index is 13.0. The predicted molar refractivity (Wildman–Crippen MR) is 88.8 cm³/mol. The number of hydrogen-bond acceptors (Lipinski definition) is 2. The van der Waals surface area contributed by atoms with Crippen LogP contribution in [0, 0.1) is 5.82 Å². The Morgan fingerprint density at radius 1 is 1.27 bits per heavy atom. The van der Waals surface area contributed by atoms with Gasteiger partial charge in [-0.05, 0) is 35.9 Å². The van der Waals surface area contributed by atoms with Crippen LogP contribution in [0.3, 0.4) is 0 Å². The van der Waals surface area contributed by atoms with Crippen molar-refractivity contribution in [3.63, 3.8) is 0 Å². The Morgan fingerprint density at radius 3 is 2.77 bits per heavy atom. The average Bonchev–Trinajstić information content (AvgIpc) is 2.97. The van der Waals surface area contributed by atoms with Crippen LogP contribution in [-0.4, -0.2) is 23.2 Å². The molecule has 1 aliphatic heterocycles. The summed E-state index contributed by atoms with van der Waals surface area (Å²) in [6.07, 6.45) is 0. The van der Waals surface area contributed by atoms with Gasteiger partial charge in [0, 0.05) is 23.0 Å². The molecule has 1 fully saturated rings. The predicted octanol–water partition coefficient (Wildman–Crippen LogP) is 4.76. The number of nitrogens with zero attached hydrogens (tertiary/aromatic N) is 1. The van der Waals surface area contributed by atoms with Crippen molar-refractivity contribution in [2.24, 2.45) is 0 Å². The normalized spacial score (nSPS) is 17.5. The maximum absolute atomic E-state index is 13.0. The van der Waals surface area contributed by atoms with Gasteiger partial charge in [-0.15, -0.1) is 11.8 Å². The molecule has 0 radical (unpaired) electrons. The van der Waals surface area contributed by atoms with E-state index in [1.165, 1.54) is 12.1 Å². The Bertz CT molecular complexity index is 680. The van der Waals surface area contributed by atoms with Crippen molar-refractivity contribution >= 4 is 35.1 Å². The molecule has 3 rings (SSSR count). The van der Waals surface area contributed by atoms with Gasteiger partial charge in [-0.3, -0.25) is 0 Å². The van der Waals surface area contributed by atoms with Gasteiger partial charge in [0.25, 0.3) is 0 Å². The average molecular weight is 337 g/mol. The molecular formula is C16H14ClFN2OS. The summed E-state index contributed by atoms with van der Waals surface area (Å²) in [5, 5.41) is 3.33. The molecule has 22 heavy (non-hydrogen) atoms. The van der Waals surface area contributed by atoms with E-state index in [2.05, 4.69) is 5.32 Å². The SMILES string of the molecule is O=C(Nc1cccc(Cl)c1)N1CCS[C@H]1c1ccc(F)cc1. The molecule has 1 N–H and O–H groups in total. The number of hydrogen-bond donors (Lipinski definition) is 1. The van der Waals surface area contributed by atoms with Crippen LogP contribution in [0.5, 0.6) is 0 Å².